The fourth-order valence-electron chi connectivity index (χ4n) is 1.99. The Hall–Kier alpha value is -1.51. The fourth-order valence-corrected chi connectivity index (χ4v) is 1.99. The fraction of sp³-hybridized carbons (Fsp3) is 0.562. The molecule has 106 valence electrons. The maximum Gasteiger partial charge on any atom is 0.132 e. The summed E-state index contributed by atoms with van der Waals surface area (Å²) in [5.41, 5.74) is 1.19. The molecule has 0 heterocycles. The predicted molar refractivity (Wildman–Crippen MR) is 80.0 cm³/mol. The Morgan fingerprint density at radius 2 is 1.95 bits per heavy atom. The molecular weight excluding hydrogens is 238 g/mol. The molecule has 0 amide bonds. The quantitative estimate of drug-likeness (QED) is 0.637. The molecule has 19 heavy (non-hydrogen) atoms. The highest BCUT2D eigenvalue weighted by atomic mass is 16.5. The Labute approximate surface area is 116 Å². The molecule has 0 unspecified atom stereocenters. The van der Waals surface area contributed by atoms with Crippen LogP contribution in [0.3, 0.4) is 0 Å². The van der Waals surface area contributed by atoms with E-state index < -0.39 is 0 Å². The van der Waals surface area contributed by atoms with Crippen molar-refractivity contribution in [3.05, 3.63) is 24.3 Å². The Morgan fingerprint density at radius 3 is 2.58 bits per heavy atom. The minimum absolute atomic E-state index is 0.306. The van der Waals surface area contributed by atoms with Gasteiger partial charge in [-0.2, -0.15) is 0 Å². The topological polar surface area (TPSA) is 29.5 Å². The van der Waals surface area contributed by atoms with Crippen LogP contribution in [0.1, 0.15) is 40.0 Å². The molecule has 1 aromatic carbocycles. The van der Waals surface area contributed by atoms with E-state index in [1.807, 2.05) is 19.1 Å². The molecule has 1 rings (SSSR count). The Balaban J connectivity index is 2.46. The third-order valence-corrected chi connectivity index (χ3v) is 3.21. The number of Topliss-reactive ketones (excluding diaryl/α,β-unsaturated/α-hetero) is 1. The Morgan fingerprint density at radius 1 is 1.21 bits per heavy atom. The molecule has 0 aliphatic carbocycles. The SMILES string of the molecule is CCC(=O)CCCOc1cccc(N(CC)CC)c1. The molecule has 0 aliphatic rings. The van der Waals surface area contributed by atoms with E-state index in [9.17, 15) is 4.79 Å². The summed E-state index contributed by atoms with van der Waals surface area (Å²) < 4.78 is 5.70. The van der Waals surface area contributed by atoms with Crippen LogP contribution in [-0.2, 0) is 4.79 Å². The number of rotatable bonds is 9. The Kier molecular flexibility index (Phi) is 7.01. The normalized spacial score (nSPS) is 10.3. The number of carbonyl (C=O) groups excluding carboxylic acids is 1. The van der Waals surface area contributed by atoms with Gasteiger partial charge in [0.05, 0.1) is 6.61 Å². The van der Waals surface area contributed by atoms with Crippen LogP contribution in [0.5, 0.6) is 5.75 Å². The third-order valence-electron chi connectivity index (χ3n) is 3.21. The van der Waals surface area contributed by atoms with Crippen LogP contribution >= 0.6 is 0 Å². The summed E-state index contributed by atoms with van der Waals surface area (Å²) in [5, 5.41) is 0. The summed E-state index contributed by atoms with van der Waals surface area (Å²) in [4.78, 5) is 13.5. The standard InChI is InChI=1S/C16H25NO2/c1-4-15(18)10-8-12-19-16-11-7-9-14(13-16)17(5-2)6-3/h7,9,11,13H,4-6,8,10,12H2,1-3H3. The van der Waals surface area contributed by atoms with E-state index in [1.54, 1.807) is 0 Å². The molecule has 0 aliphatic heterocycles. The lowest BCUT2D eigenvalue weighted by Gasteiger charge is -2.21. The first-order valence-electron chi connectivity index (χ1n) is 7.20. The van der Waals surface area contributed by atoms with Crippen molar-refractivity contribution in [1.29, 1.82) is 0 Å². The van der Waals surface area contributed by atoms with Gasteiger partial charge in [-0.1, -0.05) is 13.0 Å². The molecule has 3 heteroatoms. The molecule has 0 spiro atoms. The highest BCUT2D eigenvalue weighted by molar-refractivity contribution is 5.77. The molecule has 1 aromatic rings. The van der Waals surface area contributed by atoms with Gasteiger partial charge in [0.15, 0.2) is 0 Å². The van der Waals surface area contributed by atoms with Gasteiger partial charge in [-0.3, -0.25) is 4.79 Å². The van der Waals surface area contributed by atoms with Crippen molar-refractivity contribution in [3.8, 4) is 5.75 Å². The second-order valence-electron chi connectivity index (χ2n) is 4.51. The van der Waals surface area contributed by atoms with Crippen LogP contribution < -0.4 is 9.64 Å². The largest absolute Gasteiger partial charge is 0.494 e. The lowest BCUT2D eigenvalue weighted by Crippen LogP contribution is -2.21. The molecule has 0 fully saturated rings. The molecule has 0 radical (unpaired) electrons. The van der Waals surface area contributed by atoms with Gasteiger partial charge in [0.25, 0.3) is 0 Å². The molecular formula is C16H25NO2. The number of ether oxygens (including phenoxy) is 1. The molecule has 0 aromatic heterocycles. The van der Waals surface area contributed by atoms with Gasteiger partial charge in [-0.15, -0.1) is 0 Å². The van der Waals surface area contributed by atoms with Gasteiger partial charge < -0.3 is 9.64 Å². The van der Waals surface area contributed by atoms with E-state index in [4.69, 9.17) is 4.74 Å². The summed E-state index contributed by atoms with van der Waals surface area (Å²) in [7, 11) is 0. The number of hydrogen-bond donors (Lipinski definition) is 0. The van der Waals surface area contributed by atoms with Gasteiger partial charge in [0.1, 0.15) is 11.5 Å². The van der Waals surface area contributed by atoms with E-state index >= 15 is 0 Å². The maximum absolute atomic E-state index is 11.2. The minimum atomic E-state index is 0.306. The first-order valence-corrected chi connectivity index (χ1v) is 7.20. The second-order valence-corrected chi connectivity index (χ2v) is 4.51. The zero-order valence-electron chi connectivity index (χ0n) is 12.3. The zero-order valence-corrected chi connectivity index (χ0v) is 12.3. The molecule has 3 nitrogen and oxygen atoms in total. The van der Waals surface area contributed by atoms with Gasteiger partial charge in [-0.25, -0.2) is 0 Å². The van der Waals surface area contributed by atoms with Gasteiger partial charge in [0.2, 0.25) is 0 Å². The van der Waals surface area contributed by atoms with Gasteiger partial charge in [0, 0.05) is 37.7 Å². The number of benzene rings is 1. The highest BCUT2D eigenvalue weighted by Crippen LogP contribution is 2.21. The average molecular weight is 263 g/mol. The van der Waals surface area contributed by atoms with Crippen molar-refractivity contribution in [2.75, 3.05) is 24.6 Å². The van der Waals surface area contributed by atoms with E-state index in [0.29, 0.717) is 25.2 Å². The van der Waals surface area contributed by atoms with E-state index in [2.05, 4.69) is 30.9 Å². The second kappa shape index (κ2) is 8.57. The number of anilines is 1. The van der Waals surface area contributed by atoms with Crippen LogP contribution in [-0.4, -0.2) is 25.5 Å². The Bertz CT molecular complexity index is 386. The molecule has 0 N–H and O–H groups in total. The average Bonchev–Trinajstić information content (AvgIpc) is 2.45. The van der Waals surface area contributed by atoms with E-state index in [1.165, 1.54) is 5.69 Å². The van der Waals surface area contributed by atoms with Crippen LogP contribution in [0.25, 0.3) is 0 Å². The van der Waals surface area contributed by atoms with Crippen LogP contribution in [0.15, 0.2) is 24.3 Å². The molecule has 0 saturated heterocycles. The van der Waals surface area contributed by atoms with Crippen molar-refractivity contribution < 1.29 is 9.53 Å². The van der Waals surface area contributed by atoms with Crippen LogP contribution in [0.2, 0.25) is 0 Å². The van der Waals surface area contributed by atoms with Crippen molar-refractivity contribution in [2.24, 2.45) is 0 Å². The summed E-state index contributed by atoms with van der Waals surface area (Å²) in [5.74, 6) is 1.19. The van der Waals surface area contributed by atoms with Crippen LogP contribution in [0.4, 0.5) is 5.69 Å². The van der Waals surface area contributed by atoms with E-state index in [0.717, 1.165) is 25.3 Å². The van der Waals surface area contributed by atoms with Crippen LogP contribution in [0, 0.1) is 0 Å². The number of nitrogens with zero attached hydrogens (tertiary/aromatic N) is 1. The summed E-state index contributed by atoms with van der Waals surface area (Å²) in [6.07, 6.45) is 2.03. The third kappa shape index (κ3) is 5.33. The monoisotopic (exact) mass is 263 g/mol. The van der Waals surface area contributed by atoms with Crippen molar-refractivity contribution in [2.45, 2.75) is 40.0 Å². The molecule has 0 atom stereocenters. The summed E-state index contributed by atoms with van der Waals surface area (Å²) in [6, 6.07) is 8.14. The maximum atomic E-state index is 11.2. The lowest BCUT2D eigenvalue weighted by molar-refractivity contribution is -0.118. The number of carbonyl (C=O) groups is 1. The van der Waals surface area contributed by atoms with Crippen molar-refractivity contribution in [3.63, 3.8) is 0 Å². The summed E-state index contributed by atoms with van der Waals surface area (Å²) >= 11 is 0. The first-order chi connectivity index (χ1) is 9.21. The number of hydrogen-bond acceptors (Lipinski definition) is 3. The van der Waals surface area contributed by atoms with Crippen molar-refractivity contribution >= 4 is 11.5 Å². The van der Waals surface area contributed by atoms with Crippen molar-refractivity contribution in [1.82, 2.24) is 0 Å². The zero-order chi connectivity index (χ0) is 14.1. The lowest BCUT2D eigenvalue weighted by atomic mass is 10.2. The van der Waals surface area contributed by atoms with E-state index in [-0.39, 0.29) is 0 Å². The molecule has 0 bridgehead atoms. The minimum Gasteiger partial charge on any atom is -0.494 e. The van der Waals surface area contributed by atoms with Gasteiger partial charge in [-0.05, 0) is 32.4 Å². The summed E-state index contributed by atoms with van der Waals surface area (Å²) in [6.45, 7) is 8.78. The van der Waals surface area contributed by atoms with Gasteiger partial charge >= 0.3 is 0 Å². The smallest absolute Gasteiger partial charge is 0.132 e. The number of ketones is 1. The first kappa shape index (κ1) is 15.5. The molecule has 0 saturated carbocycles. The predicted octanol–water partition coefficient (Wildman–Crippen LogP) is 3.67. The highest BCUT2D eigenvalue weighted by Gasteiger charge is 2.03.